The molecular formula is C15H26N2O. The highest BCUT2D eigenvalue weighted by molar-refractivity contribution is 5.83. The Balaban J connectivity index is 1.73. The van der Waals surface area contributed by atoms with Crippen molar-refractivity contribution in [1.29, 1.82) is 0 Å². The van der Waals surface area contributed by atoms with Gasteiger partial charge in [-0.3, -0.25) is 9.69 Å². The van der Waals surface area contributed by atoms with Crippen molar-refractivity contribution in [1.82, 2.24) is 9.80 Å². The van der Waals surface area contributed by atoms with Crippen molar-refractivity contribution in [2.45, 2.75) is 64.0 Å². The van der Waals surface area contributed by atoms with E-state index in [1.54, 1.807) is 0 Å². The molecule has 2 saturated heterocycles. The van der Waals surface area contributed by atoms with Crippen molar-refractivity contribution in [3.63, 3.8) is 0 Å². The lowest BCUT2D eigenvalue weighted by molar-refractivity contribution is -0.147. The van der Waals surface area contributed by atoms with Crippen molar-refractivity contribution in [3.8, 4) is 0 Å². The maximum absolute atomic E-state index is 12.5. The SMILES string of the molecule is CCN1C[C@H]2CCN(C3CCCCC3)[C@H](C2)C1=O. The van der Waals surface area contributed by atoms with Crippen molar-refractivity contribution >= 4 is 5.91 Å². The van der Waals surface area contributed by atoms with E-state index in [-0.39, 0.29) is 6.04 Å². The van der Waals surface area contributed by atoms with Gasteiger partial charge in [-0.05, 0) is 45.1 Å². The van der Waals surface area contributed by atoms with E-state index in [2.05, 4.69) is 16.7 Å². The van der Waals surface area contributed by atoms with Gasteiger partial charge >= 0.3 is 0 Å². The van der Waals surface area contributed by atoms with E-state index in [9.17, 15) is 4.79 Å². The number of likely N-dealkylation sites (N-methyl/N-ethyl adjacent to an activating group) is 1. The molecule has 102 valence electrons. The molecule has 2 atom stereocenters. The number of hydrogen-bond acceptors (Lipinski definition) is 2. The summed E-state index contributed by atoms with van der Waals surface area (Å²) in [7, 11) is 0. The molecule has 3 rings (SSSR count). The van der Waals surface area contributed by atoms with E-state index >= 15 is 0 Å². The van der Waals surface area contributed by atoms with Crippen LogP contribution >= 0.6 is 0 Å². The molecule has 0 radical (unpaired) electrons. The molecule has 0 unspecified atom stereocenters. The smallest absolute Gasteiger partial charge is 0.239 e. The summed E-state index contributed by atoms with van der Waals surface area (Å²) in [6, 6.07) is 0.922. The molecular weight excluding hydrogens is 224 g/mol. The summed E-state index contributed by atoms with van der Waals surface area (Å²) >= 11 is 0. The van der Waals surface area contributed by atoms with Gasteiger partial charge in [0.05, 0.1) is 6.04 Å². The van der Waals surface area contributed by atoms with E-state index in [0.29, 0.717) is 11.9 Å². The Kier molecular flexibility index (Phi) is 3.60. The molecule has 1 saturated carbocycles. The summed E-state index contributed by atoms with van der Waals surface area (Å²) in [6.45, 7) is 5.20. The maximum Gasteiger partial charge on any atom is 0.239 e. The van der Waals surface area contributed by atoms with Crippen molar-refractivity contribution in [2.75, 3.05) is 19.6 Å². The molecule has 2 bridgehead atoms. The first kappa shape index (κ1) is 12.5. The van der Waals surface area contributed by atoms with E-state index in [4.69, 9.17) is 0 Å². The van der Waals surface area contributed by atoms with Gasteiger partial charge in [0.25, 0.3) is 0 Å². The first-order chi connectivity index (χ1) is 8.79. The zero-order chi connectivity index (χ0) is 12.5. The molecule has 18 heavy (non-hydrogen) atoms. The van der Waals surface area contributed by atoms with Crippen LogP contribution in [0.1, 0.15) is 51.9 Å². The number of likely N-dealkylation sites (tertiary alicyclic amines) is 2. The van der Waals surface area contributed by atoms with E-state index in [1.807, 2.05) is 0 Å². The summed E-state index contributed by atoms with van der Waals surface area (Å²) in [5.41, 5.74) is 0. The van der Waals surface area contributed by atoms with Gasteiger partial charge in [0.15, 0.2) is 0 Å². The zero-order valence-electron chi connectivity index (χ0n) is 11.6. The number of piperidine rings is 2. The Hall–Kier alpha value is -0.570. The van der Waals surface area contributed by atoms with Crippen molar-refractivity contribution in [2.24, 2.45) is 5.92 Å². The highest BCUT2D eigenvalue weighted by Gasteiger charge is 2.42. The molecule has 3 nitrogen and oxygen atoms in total. The van der Waals surface area contributed by atoms with Gasteiger partial charge in [0.1, 0.15) is 0 Å². The Morgan fingerprint density at radius 1 is 1.17 bits per heavy atom. The van der Waals surface area contributed by atoms with Crippen LogP contribution in [-0.4, -0.2) is 47.4 Å². The molecule has 0 spiro atoms. The molecule has 3 fully saturated rings. The van der Waals surface area contributed by atoms with Gasteiger partial charge in [-0.15, -0.1) is 0 Å². The molecule has 3 aliphatic rings. The third-order valence-corrected chi connectivity index (χ3v) is 5.25. The molecule has 0 aromatic rings. The van der Waals surface area contributed by atoms with Crippen molar-refractivity contribution in [3.05, 3.63) is 0 Å². The standard InChI is InChI=1S/C15H26N2O/c1-2-16-11-12-8-9-17(14(10-12)15(16)18)13-6-4-3-5-7-13/h12-14H,2-11H2,1H3/t12-,14+/m0/s1. The van der Waals surface area contributed by atoms with Crippen LogP contribution in [0.25, 0.3) is 0 Å². The predicted molar refractivity (Wildman–Crippen MR) is 72.3 cm³/mol. The molecule has 0 aromatic heterocycles. The minimum absolute atomic E-state index is 0.223. The van der Waals surface area contributed by atoms with E-state index < -0.39 is 0 Å². The molecule has 2 aliphatic heterocycles. The number of nitrogens with zero attached hydrogens (tertiary/aromatic N) is 2. The second-order valence-corrected chi connectivity index (χ2v) is 6.31. The Labute approximate surface area is 111 Å². The lowest BCUT2D eigenvalue weighted by atomic mass is 9.83. The summed E-state index contributed by atoms with van der Waals surface area (Å²) in [6.07, 6.45) is 9.20. The van der Waals surface area contributed by atoms with E-state index in [1.165, 1.54) is 45.1 Å². The summed E-state index contributed by atoms with van der Waals surface area (Å²) in [5, 5.41) is 0. The normalized spacial score (nSPS) is 34.9. The second kappa shape index (κ2) is 5.20. The predicted octanol–water partition coefficient (Wildman–Crippen LogP) is 2.26. The first-order valence-corrected chi connectivity index (χ1v) is 7.84. The fourth-order valence-electron chi connectivity index (χ4n) is 4.21. The molecule has 2 heterocycles. The fourth-order valence-corrected chi connectivity index (χ4v) is 4.21. The number of carbonyl (C=O) groups excluding carboxylic acids is 1. The second-order valence-electron chi connectivity index (χ2n) is 6.31. The van der Waals surface area contributed by atoms with Crippen LogP contribution in [0.15, 0.2) is 0 Å². The van der Waals surface area contributed by atoms with E-state index in [0.717, 1.165) is 25.4 Å². The van der Waals surface area contributed by atoms with Crippen LogP contribution in [0.2, 0.25) is 0 Å². The van der Waals surface area contributed by atoms with Crippen molar-refractivity contribution < 1.29 is 4.79 Å². The molecule has 0 N–H and O–H groups in total. The van der Waals surface area contributed by atoms with Gasteiger partial charge in [0, 0.05) is 19.1 Å². The average molecular weight is 250 g/mol. The maximum atomic E-state index is 12.5. The molecule has 1 amide bonds. The van der Waals surface area contributed by atoms with Gasteiger partial charge in [-0.25, -0.2) is 0 Å². The summed E-state index contributed by atoms with van der Waals surface area (Å²) in [5.74, 6) is 1.19. The van der Waals surface area contributed by atoms with Crippen LogP contribution in [0, 0.1) is 5.92 Å². The van der Waals surface area contributed by atoms with Gasteiger partial charge in [-0.2, -0.15) is 0 Å². The number of hydrogen-bond donors (Lipinski definition) is 0. The third kappa shape index (κ3) is 2.18. The summed E-state index contributed by atoms with van der Waals surface area (Å²) in [4.78, 5) is 17.2. The Morgan fingerprint density at radius 2 is 1.94 bits per heavy atom. The minimum Gasteiger partial charge on any atom is -0.341 e. The first-order valence-electron chi connectivity index (χ1n) is 7.84. The highest BCUT2D eigenvalue weighted by Crippen LogP contribution is 2.34. The lowest BCUT2D eigenvalue weighted by Crippen LogP contribution is -2.61. The number of carbonyl (C=O) groups is 1. The number of amides is 1. The largest absolute Gasteiger partial charge is 0.341 e. The molecule has 3 heteroatoms. The van der Waals surface area contributed by atoms with Gasteiger partial charge in [-0.1, -0.05) is 19.3 Å². The molecule has 1 aliphatic carbocycles. The van der Waals surface area contributed by atoms with Gasteiger partial charge < -0.3 is 4.90 Å². The van der Waals surface area contributed by atoms with Crippen LogP contribution in [0.5, 0.6) is 0 Å². The topological polar surface area (TPSA) is 23.6 Å². The summed E-state index contributed by atoms with van der Waals surface area (Å²) < 4.78 is 0. The quantitative estimate of drug-likeness (QED) is 0.750. The fraction of sp³-hybridized carbons (Fsp3) is 0.933. The average Bonchev–Trinajstić information content (AvgIpc) is 2.44. The Bertz CT molecular complexity index is 312. The highest BCUT2D eigenvalue weighted by atomic mass is 16.2. The Morgan fingerprint density at radius 3 is 2.67 bits per heavy atom. The van der Waals surface area contributed by atoms with Crippen LogP contribution in [-0.2, 0) is 4.79 Å². The van der Waals surface area contributed by atoms with Crippen LogP contribution < -0.4 is 0 Å². The van der Waals surface area contributed by atoms with Gasteiger partial charge in [0.2, 0.25) is 5.91 Å². The number of fused-ring (bicyclic) bond motifs is 2. The van der Waals surface area contributed by atoms with Crippen LogP contribution in [0.4, 0.5) is 0 Å². The number of rotatable bonds is 2. The minimum atomic E-state index is 0.223. The lowest BCUT2D eigenvalue weighted by Gasteiger charge is -2.49. The monoisotopic (exact) mass is 250 g/mol. The van der Waals surface area contributed by atoms with Crippen LogP contribution in [0.3, 0.4) is 0 Å². The molecule has 0 aromatic carbocycles. The third-order valence-electron chi connectivity index (χ3n) is 5.25. The zero-order valence-corrected chi connectivity index (χ0v) is 11.6.